The van der Waals surface area contributed by atoms with Crippen LogP contribution in [0.3, 0.4) is 0 Å². The van der Waals surface area contributed by atoms with Crippen molar-refractivity contribution >= 4 is 11.6 Å². The van der Waals surface area contributed by atoms with Gasteiger partial charge < -0.3 is 10.1 Å². The predicted molar refractivity (Wildman–Crippen MR) is 69.0 cm³/mol. The van der Waals surface area contributed by atoms with Gasteiger partial charge in [-0.05, 0) is 32.4 Å². The van der Waals surface area contributed by atoms with Crippen LogP contribution in [0.5, 0.6) is 0 Å². The first kappa shape index (κ1) is 14.4. The third kappa shape index (κ3) is 2.62. The van der Waals surface area contributed by atoms with E-state index in [0.717, 1.165) is 12.1 Å². The fourth-order valence-electron chi connectivity index (χ4n) is 2.13. The summed E-state index contributed by atoms with van der Waals surface area (Å²) >= 11 is 0. The van der Waals surface area contributed by atoms with Gasteiger partial charge in [0.2, 0.25) is 5.82 Å². The predicted octanol–water partition coefficient (Wildman–Crippen LogP) is 2.03. The molecule has 1 N–H and O–H groups in total. The highest BCUT2D eigenvalue weighted by Crippen LogP contribution is 2.26. The largest absolute Gasteiger partial charge is 0.376 e. The molecule has 0 spiro atoms. The molecule has 2 unspecified atom stereocenters. The maximum absolute atomic E-state index is 13.5. The van der Waals surface area contributed by atoms with Crippen LogP contribution in [-0.4, -0.2) is 29.1 Å². The van der Waals surface area contributed by atoms with Crippen molar-refractivity contribution in [3.63, 3.8) is 0 Å². The molecule has 1 aliphatic rings. The van der Waals surface area contributed by atoms with Crippen molar-refractivity contribution in [1.82, 2.24) is 5.32 Å². The van der Waals surface area contributed by atoms with Crippen LogP contribution in [0.4, 0.5) is 10.1 Å². The van der Waals surface area contributed by atoms with Gasteiger partial charge in [-0.2, -0.15) is 4.39 Å². The monoisotopic (exact) mass is 282 g/mol. The van der Waals surface area contributed by atoms with E-state index in [1.165, 1.54) is 6.07 Å². The molecule has 0 aromatic heterocycles. The van der Waals surface area contributed by atoms with Gasteiger partial charge in [0.25, 0.3) is 5.91 Å². The summed E-state index contributed by atoms with van der Waals surface area (Å²) in [6.07, 6.45) is 0.518. The van der Waals surface area contributed by atoms with E-state index in [1.54, 1.807) is 0 Å². The summed E-state index contributed by atoms with van der Waals surface area (Å²) in [6.45, 7) is 4.25. The van der Waals surface area contributed by atoms with Crippen molar-refractivity contribution in [3.8, 4) is 0 Å². The van der Waals surface area contributed by atoms with E-state index in [0.29, 0.717) is 13.0 Å². The average Bonchev–Trinajstić information content (AvgIpc) is 2.68. The second kappa shape index (κ2) is 5.16. The van der Waals surface area contributed by atoms with E-state index < -0.39 is 27.9 Å². The molecule has 1 amide bonds. The molecule has 0 aliphatic carbocycles. The second-order valence-corrected chi connectivity index (χ2v) is 5.06. The molecule has 1 aliphatic heterocycles. The summed E-state index contributed by atoms with van der Waals surface area (Å²) in [4.78, 5) is 21.8. The Balaban J connectivity index is 2.18. The molecule has 1 aromatic carbocycles. The van der Waals surface area contributed by atoms with Gasteiger partial charge in [-0.3, -0.25) is 14.9 Å². The van der Waals surface area contributed by atoms with Gasteiger partial charge in [-0.25, -0.2) is 0 Å². The van der Waals surface area contributed by atoms with Gasteiger partial charge >= 0.3 is 5.69 Å². The van der Waals surface area contributed by atoms with E-state index in [-0.39, 0.29) is 11.7 Å². The average molecular weight is 282 g/mol. The lowest BCUT2D eigenvalue weighted by atomic mass is 9.94. The van der Waals surface area contributed by atoms with Crippen molar-refractivity contribution in [2.24, 2.45) is 0 Å². The zero-order valence-electron chi connectivity index (χ0n) is 11.2. The van der Waals surface area contributed by atoms with Crippen molar-refractivity contribution in [1.29, 1.82) is 0 Å². The molecular weight excluding hydrogens is 267 g/mol. The zero-order valence-corrected chi connectivity index (χ0v) is 11.2. The molecular formula is C13H15FN2O4. The SMILES string of the molecule is CC1OCCC1(C)NC(=O)c1ccc([N+](=O)[O-])c(F)c1. The smallest absolute Gasteiger partial charge is 0.304 e. The van der Waals surface area contributed by atoms with Gasteiger partial charge in [0.15, 0.2) is 0 Å². The first-order valence-electron chi connectivity index (χ1n) is 6.21. The minimum Gasteiger partial charge on any atom is -0.376 e. The Labute approximate surface area is 115 Å². The molecule has 1 aromatic rings. The molecule has 0 saturated carbocycles. The number of halogens is 1. The Morgan fingerprint density at radius 3 is 2.80 bits per heavy atom. The van der Waals surface area contributed by atoms with Crippen LogP contribution in [0, 0.1) is 15.9 Å². The number of carbonyl (C=O) groups is 1. The third-order valence-electron chi connectivity index (χ3n) is 3.69. The maximum atomic E-state index is 13.5. The fourth-order valence-corrected chi connectivity index (χ4v) is 2.13. The lowest BCUT2D eigenvalue weighted by Gasteiger charge is -2.28. The van der Waals surface area contributed by atoms with Crippen molar-refractivity contribution in [2.45, 2.75) is 31.9 Å². The molecule has 2 rings (SSSR count). The summed E-state index contributed by atoms with van der Waals surface area (Å²) in [5, 5.41) is 13.3. The van der Waals surface area contributed by atoms with Crippen LogP contribution >= 0.6 is 0 Å². The van der Waals surface area contributed by atoms with Crippen LogP contribution in [0.2, 0.25) is 0 Å². The number of ether oxygens (including phenoxy) is 1. The van der Waals surface area contributed by atoms with Crippen LogP contribution in [-0.2, 0) is 4.74 Å². The lowest BCUT2D eigenvalue weighted by Crippen LogP contribution is -2.50. The number of nitro groups is 1. The van der Waals surface area contributed by atoms with Crippen LogP contribution in [0.25, 0.3) is 0 Å². The number of amides is 1. The van der Waals surface area contributed by atoms with Crippen molar-refractivity contribution in [2.75, 3.05) is 6.61 Å². The zero-order chi connectivity index (χ0) is 14.9. The molecule has 1 saturated heterocycles. The highest BCUT2D eigenvalue weighted by Gasteiger charge is 2.38. The number of rotatable bonds is 3. The molecule has 1 heterocycles. The molecule has 0 radical (unpaired) electrons. The molecule has 2 atom stereocenters. The topological polar surface area (TPSA) is 81.5 Å². The third-order valence-corrected chi connectivity index (χ3v) is 3.69. The van der Waals surface area contributed by atoms with Crippen LogP contribution in [0.15, 0.2) is 18.2 Å². The number of nitro benzene ring substituents is 1. The quantitative estimate of drug-likeness (QED) is 0.679. The Hall–Kier alpha value is -2.02. The van der Waals surface area contributed by atoms with E-state index in [9.17, 15) is 19.3 Å². The molecule has 7 heteroatoms. The van der Waals surface area contributed by atoms with Crippen LogP contribution in [0.1, 0.15) is 30.6 Å². The van der Waals surface area contributed by atoms with Gasteiger partial charge in [0.1, 0.15) is 0 Å². The van der Waals surface area contributed by atoms with Gasteiger partial charge in [0, 0.05) is 18.2 Å². The maximum Gasteiger partial charge on any atom is 0.304 e. The number of hydrogen-bond donors (Lipinski definition) is 1. The first-order chi connectivity index (χ1) is 9.33. The summed E-state index contributed by atoms with van der Waals surface area (Å²) in [6, 6.07) is 3.10. The summed E-state index contributed by atoms with van der Waals surface area (Å²) in [5.74, 6) is -1.50. The number of carbonyl (C=O) groups excluding carboxylic acids is 1. The number of nitrogens with zero attached hydrogens (tertiary/aromatic N) is 1. The minimum absolute atomic E-state index is 0.0495. The van der Waals surface area contributed by atoms with Gasteiger partial charge in [-0.1, -0.05) is 0 Å². The van der Waals surface area contributed by atoms with Crippen molar-refractivity contribution < 1.29 is 18.8 Å². The Morgan fingerprint density at radius 2 is 2.30 bits per heavy atom. The van der Waals surface area contributed by atoms with E-state index in [1.807, 2.05) is 13.8 Å². The molecule has 0 bridgehead atoms. The minimum atomic E-state index is -1.02. The Kier molecular flexibility index (Phi) is 3.71. The summed E-state index contributed by atoms with van der Waals surface area (Å²) in [7, 11) is 0. The highest BCUT2D eigenvalue weighted by atomic mass is 19.1. The Bertz CT molecular complexity index is 563. The molecule has 6 nitrogen and oxygen atoms in total. The number of hydrogen-bond acceptors (Lipinski definition) is 4. The van der Waals surface area contributed by atoms with Gasteiger partial charge in [0.05, 0.1) is 16.6 Å². The lowest BCUT2D eigenvalue weighted by molar-refractivity contribution is -0.387. The van der Waals surface area contributed by atoms with E-state index >= 15 is 0 Å². The van der Waals surface area contributed by atoms with E-state index in [2.05, 4.69) is 5.32 Å². The van der Waals surface area contributed by atoms with Gasteiger partial charge in [-0.15, -0.1) is 0 Å². The standard InChI is InChI=1S/C13H15FN2O4/c1-8-13(2,5-6-20-8)15-12(17)9-3-4-11(16(18)19)10(14)7-9/h3-4,7-8H,5-6H2,1-2H3,(H,15,17). The summed E-state index contributed by atoms with van der Waals surface area (Å²) in [5.41, 5.74) is -1.12. The highest BCUT2D eigenvalue weighted by molar-refractivity contribution is 5.95. The summed E-state index contributed by atoms with van der Waals surface area (Å²) < 4.78 is 18.9. The fraction of sp³-hybridized carbons (Fsp3) is 0.462. The van der Waals surface area contributed by atoms with E-state index in [4.69, 9.17) is 4.74 Å². The van der Waals surface area contributed by atoms with Crippen molar-refractivity contribution in [3.05, 3.63) is 39.7 Å². The molecule has 20 heavy (non-hydrogen) atoms. The molecule has 1 fully saturated rings. The number of benzene rings is 1. The van der Waals surface area contributed by atoms with Crippen LogP contribution < -0.4 is 5.32 Å². The second-order valence-electron chi connectivity index (χ2n) is 5.06. The Morgan fingerprint density at radius 1 is 1.60 bits per heavy atom. The number of nitrogens with one attached hydrogen (secondary N) is 1. The molecule has 108 valence electrons. The normalized spacial score (nSPS) is 25.4. The first-order valence-corrected chi connectivity index (χ1v) is 6.21.